The van der Waals surface area contributed by atoms with Crippen molar-refractivity contribution in [3.05, 3.63) is 53.8 Å². The molecule has 0 amide bonds. The SMILES string of the molecule is N#Cc1cccc(Nc2nc3ccc(F)cc3s2)c1. The lowest BCUT2D eigenvalue weighted by Gasteiger charge is -2.01. The number of fused-ring (bicyclic) bond motifs is 1. The van der Waals surface area contributed by atoms with Crippen molar-refractivity contribution in [2.75, 3.05) is 5.32 Å². The van der Waals surface area contributed by atoms with Crippen molar-refractivity contribution in [1.82, 2.24) is 4.98 Å². The molecule has 0 radical (unpaired) electrons. The standard InChI is InChI=1S/C14H8FN3S/c15-10-4-5-12-13(7-10)19-14(18-12)17-11-3-1-2-9(6-11)8-16/h1-7H,(H,17,18). The van der Waals surface area contributed by atoms with Crippen LogP contribution >= 0.6 is 11.3 Å². The zero-order valence-corrected chi connectivity index (χ0v) is 10.5. The smallest absolute Gasteiger partial charge is 0.188 e. The zero-order valence-electron chi connectivity index (χ0n) is 9.72. The number of benzene rings is 2. The van der Waals surface area contributed by atoms with Crippen LogP contribution in [0.15, 0.2) is 42.5 Å². The Bertz CT molecular complexity index is 789. The minimum atomic E-state index is -0.269. The minimum absolute atomic E-state index is 0.269. The second-order valence-corrected chi connectivity index (χ2v) is 4.98. The molecule has 1 N–H and O–H groups in total. The van der Waals surface area contributed by atoms with Gasteiger partial charge in [0.05, 0.1) is 21.8 Å². The molecule has 0 unspecified atom stereocenters. The molecule has 1 heterocycles. The quantitative estimate of drug-likeness (QED) is 0.763. The van der Waals surface area contributed by atoms with Crippen LogP contribution in [-0.4, -0.2) is 4.98 Å². The molecular weight excluding hydrogens is 261 g/mol. The highest BCUT2D eigenvalue weighted by molar-refractivity contribution is 7.22. The molecule has 0 aliphatic rings. The summed E-state index contributed by atoms with van der Waals surface area (Å²) in [7, 11) is 0. The topological polar surface area (TPSA) is 48.7 Å². The number of halogens is 1. The van der Waals surface area contributed by atoms with Crippen molar-refractivity contribution >= 4 is 32.4 Å². The molecule has 0 atom stereocenters. The van der Waals surface area contributed by atoms with Crippen LogP contribution < -0.4 is 5.32 Å². The van der Waals surface area contributed by atoms with Crippen LogP contribution in [0.1, 0.15) is 5.56 Å². The van der Waals surface area contributed by atoms with E-state index in [1.54, 1.807) is 24.3 Å². The van der Waals surface area contributed by atoms with Gasteiger partial charge in [0, 0.05) is 5.69 Å². The van der Waals surface area contributed by atoms with Crippen LogP contribution in [0.5, 0.6) is 0 Å². The first-order valence-corrected chi connectivity index (χ1v) is 6.39. The summed E-state index contributed by atoms with van der Waals surface area (Å²) in [5.41, 5.74) is 2.13. The molecule has 0 bridgehead atoms. The van der Waals surface area contributed by atoms with Crippen molar-refractivity contribution in [2.45, 2.75) is 0 Å². The predicted octanol–water partition coefficient (Wildman–Crippen LogP) is 4.05. The fraction of sp³-hybridized carbons (Fsp3) is 0. The Morgan fingerprint density at radius 3 is 2.95 bits per heavy atom. The van der Waals surface area contributed by atoms with Crippen LogP contribution in [0.25, 0.3) is 10.2 Å². The van der Waals surface area contributed by atoms with Gasteiger partial charge in [-0.05, 0) is 36.4 Å². The van der Waals surface area contributed by atoms with E-state index in [9.17, 15) is 4.39 Å². The Hall–Kier alpha value is -2.45. The van der Waals surface area contributed by atoms with Gasteiger partial charge >= 0.3 is 0 Å². The molecule has 0 saturated carbocycles. The van der Waals surface area contributed by atoms with E-state index in [-0.39, 0.29) is 5.82 Å². The van der Waals surface area contributed by atoms with Crippen molar-refractivity contribution in [3.8, 4) is 6.07 Å². The summed E-state index contributed by atoms with van der Waals surface area (Å²) in [5, 5.41) is 12.6. The summed E-state index contributed by atoms with van der Waals surface area (Å²) < 4.78 is 13.9. The second kappa shape index (κ2) is 4.67. The van der Waals surface area contributed by atoms with Crippen LogP contribution in [-0.2, 0) is 0 Å². The molecule has 19 heavy (non-hydrogen) atoms. The van der Waals surface area contributed by atoms with E-state index in [1.807, 2.05) is 6.07 Å². The summed E-state index contributed by atoms with van der Waals surface area (Å²) >= 11 is 1.37. The van der Waals surface area contributed by atoms with E-state index in [2.05, 4.69) is 16.4 Å². The highest BCUT2D eigenvalue weighted by Gasteiger charge is 2.05. The maximum absolute atomic E-state index is 13.1. The van der Waals surface area contributed by atoms with Gasteiger partial charge < -0.3 is 5.32 Å². The lowest BCUT2D eigenvalue weighted by atomic mass is 10.2. The van der Waals surface area contributed by atoms with Crippen molar-refractivity contribution in [1.29, 1.82) is 5.26 Å². The molecule has 0 fully saturated rings. The van der Waals surface area contributed by atoms with Crippen LogP contribution in [0, 0.1) is 17.1 Å². The monoisotopic (exact) mass is 269 g/mol. The summed E-state index contributed by atoms with van der Waals surface area (Å²) in [6.07, 6.45) is 0. The average molecular weight is 269 g/mol. The number of nitrogens with zero attached hydrogens (tertiary/aromatic N) is 2. The van der Waals surface area contributed by atoms with Crippen LogP contribution in [0.2, 0.25) is 0 Å². The van der Waals surface area contributed by atoms with E-state index in [0.29, 0.717) is 10.7 Å². The Kier molecular flexibility index (Phi) is 2.86. The van der Waals surface area contributed by atoms with Gasteiger partial charge in [0.15, 0.2) is 5.13 Å². The Labute approximate surface area is 113 Å². The molecule has 1 aromatic heterocycles. The number of thiazole rings is 1. The third-order valence-electron chi connectivity index (χ3n) is 2.59. The molecule has 0 spiro atoms. The highest BCUT2D eigenvalue weighted by Crippen LogP contribution is 2.28. The van der Waals surface area contributed by atoms with E-state index >= 15 is 0 Å². The highest BCUT2D eigenvalue weighted by atomic mass is 32.1. The second-order valence-electron chi connectivity index (χ2n) is 3.95. The summed E-state index contributed by atoms with van der Waals surface area (Å²) in [4.78, 5) is 4.36. The number of nitrogens with one attached hydrogen (secondary N) is 1. The van der Waals surface area contributed by atoms with Crippen molar-refractivity contribution in [3.63, 3.8) is 0 Å². The van der Waals surface area contributed by atoms with Gasteiger partial charge in [0.2, 0.25) is 0 Å². The van der Waals surface area contributed by atoms with Crippen LogP contribution in [0.3, 0.4) is 0 Å². The molecule has 2 aromatic carbocycles. The third-order valence-corrected chi connectivity index (χ3v) is 3.53. The molecular formula is C14H8FN3S. The van der Waals surface area contributed by atoms with Gasteiger partial charge in [-0.1, -0.05) is 17.4 Å². The average Bonchev–Trinajstić information content (AvgIpc) is 2.80. The number of nitriles is 1. The molecule has 3 rings (SSSR count). The van der Waals surface area contributed by atoms with E-state index < -0.39 is 0 Å². The largest absolute Gasteiger partial charge is 0.331 e. The van der Waals surface area contributed by atoms with E-state index in [1.165, 1.54) is 23.5 Å². The molecule has 92 valence electrons. The van der Waals surface area contributed by atoms with E-state index in [0.717, 1.165) is 15.9 Å². The Balaban J connectivity index is 1.94. The number of anilines is 2. The van der Waals surface area contributed by atoms with E-state index in [4.69, 9.17) is 5.26 Å². The maximum Gasteiger partial charge on any atom is 0.188 e. The third kappa shape index (κ3) is 2.39. The zero-order chi connectivity index (χ0) is 13.2. The predicted molar refractivity (Wildman–Crippen MR) is 74.0 cm³/mol. The normalized spacial score (nSPS) is 10.3. The summed E-state index contributed by atoms with van der Waals surface area (Å²) in [6, 6.07) is 13.7. The molecule has 0 saturated heterocycles. The molecule has 5 heteroatoms. The first kappa shape index (κ1) is 11.6. The van der Waals surface area contributed by atoms with Gasteiger partial charge in [0.1, 0.15) is 5.82 Å². The summed E-state index contributed by atoms with van der Waals surface area (Å²) in [6.45, 7) is 0. The van der Waals surface area contributed by atoms with Gasteiger partial charge in [-0.25, -0.2) is 9.37 Å². The van der Waals surface area contributed by atoms with Crippen LogP contribution in [0.4, 0.5) is 15.2 Å². The first-order chi connectivity index (χ1) is 9.24. The minimum Gasteiger partial charge on any atom is -0.331 e. The van der Waals surface area contributed by atoms with Gasteiger partial charge in [-0.3, -0.25) is 0 Å². The fourth-order valence-corrected chi connectivity index (χ4v) is 2.65. The van der Waals surface area contributed by atoms with Gasteiger partial charge in [-0.2, -0.15) is 5.26 Å². The lowest BCUT2D eigenvalue weighted by molar-refractivity contribution is 0.630. The molecule has 0 aliphatic carbocycles. The molecule has 3 nitrogen and oxygen atoms in total. The first-order valence-electron chi connectivity index (χ1n) is 5.58. The molecule has 3 aromatic rings. The molecule has 0 aliphatic heterocycles. The lowest BCUT2D eigenvalue weighted by Crippen LogP contribution is -1.89. The van der Waals surface area contributed by atoms with Crippen molar-refractivity contribution in [2.24, 2.45) is 0 Å². The van der Waals surface area contributed by atoms with Crippen molar-refractivity contribution < 1.29 is 4.39 Å². The number of rotatable bonds is 2. The maximum atomic E-state index is 13.1. The Morgan fingerprint density at radius 1 is 1.21 bits per heavy atom. The Morgan fingerprint density at radius 2 is 2.11 bits per heavy atom. The van der Waals surface area contributed by atoms with Gasteiger partial charge in [-0.15, -0.1) is 0 Å². The fourth-order valence-electron chi connectivity index (χ4n) is 1.74. The summed E-state index contributed by atoms with van der Waals surface area (Å²) in [5.74, 6) is -0.269. The number of aromatic nitrogens is 1. The van der Waals surface area contributed by atoms with Gasteiger partial charge in [0.25, 0.3) is 0 Å². The number of hydrogen-bond donors (Lipinski definition) is 1. The number of hydrogen-bond acceptors (Lipinski definition) is 4.